The summed E-state index contributed by atoms with van der Waals surface area (Å²) >= 11 is 0. The number of hydrogen-bond donors (Lipinski definition) is 1. The van der Waals surface area contributed by atoms with Crippen molar-refractivity contribution in [1.82, 2.24) is 0 Å². The van der Waals surface area contributed by atoms with Gasteiger partial charge in [-0.15, -0.1) is 0 Å². The summed E-state index contributed by atoms with van der Waals surface area (Å²) in [4.78, 5) is 0. The van der Waals surface area contributed by atoms with Crippen LogP contribution in [0, 0.1) is 0 Å². The highest BCUT2D eigenvalue weighted by Gasteiger charge is 2.16. The lowest BCUT2D eigenvalue weighted by Crippen LogP contribution is -2.15. The van der Waals surface area contributed by atoms with Crippen molar-refractivity contribution in [3.05, 3.63) is 29.8 Å². The first-order valence-corrected chi connectivity index (χ1v) is 6.29. The van der Waals surface area contributed by atoms with Gasteiger partial charge in [0.05, 0.1) is 18.9 Å². The van der Waals surface area contributed by atoms with Crippen LogP contribution < -0.4 is 4.74 Å². The van der Waals surface area contributed by atoms with E-state index in [9.17, 15) is 0 Å². The Kier molecular flexibility index (Phi) is 4.59. The van der Waals surface area contributed by atoms with E-state index in [2.05, 4.69) is 17.3 Å². The zero-order valence-electron chi connectivity index (χ0n) is 10.6. The van der Waals surface area contributed by atoms with Crippen molar-refractivity contribution >= 4 is 5.71 Å². The summed E-state index contributed by atoms with van der Waals surface area (Å²) in [5, 5.41) is 11.7. The standard InChI is InChI=1S/C14H19NO3/c1-11(15-16)2-3-12-4-6-13(7-5-12)18-14-8-9-17-10-14/h4-7,14,16H,2-3,8-10H2,1H3. The normalized spacial score (nSPS) is 20.1. The average Bonchev–Trinajstić information content (AvgIpc) is 2.90. The van der Waals surface area contributed by atoms with Gasteiger partial charge in [-0.1, -0.05) is 17.3 Å². The molecule has 18 heavy (non-hydrogen) atoms. The summed E-state index contributed by atoms with van der Waals surface area (Å²) in [6.07, 6.45) is 2.81. The molecule has 98 valence electrons. The number of oxime groups is 1. The van der Waals surface area contributed by atoms with Gasteiger partial charge < -0.3 is 14.7 Å². The maximum absolute atomic E-state index is 8.57. The molecule has 1 heterocycles. The molecule has 1 N–H and O–H groups in total. The Bertz CT molecular complexity index is 394. The molecule has 1 aromatic rings. The minimum absolute atomic E-state index is 0.194. The lowest BCUT2D eigenvalue weighted by Gasteiger charge is -2.12. The molecule has 1 aromatic carbocycles. The molecule has 0 saturated carbocycles. The van der Waals surface area contributed by atoms with Gasteiger partial charge in [0, 0.05) is 6.42 Å². The molecule has 1 fully saturated rings. The first-order chi connectivity index (χ1) is 8.78. The molecule has 0 bridgehead atoms. The molecule has 4 nitrogen and oxygen atoms in total. The van der Waals surface area contributed by atoms with E-state index in [1.807, 2.05) is 19.1 Å². The molecular formula is C14H19NO3. The second-order valence-electron chi connectivity index (χ2n) is 4.58. The number of ether oxygens (including phenoxy) is 2. The topological polar surface area (TPSA) is 51.0 Å². The quantitative estimate of drug-likeness (QED) is 0.496. The lowest BCUT2D eigenvalue weighted by molar-refractivity contribution is 0.141. The second kappa shape index (κ2) is 6.40. The van der Waals surface area contributed by atoms with E-state index in [0.717, 1.165) is 37.3 Å². The van der Waals surface area contributed by atoms with E-state index in [1.54, 1.807) is 0 Å². The molecule has 0 aromatic heterocycles. The van der Waals surface area contributed by atoms with Gasteiger partial charge in [-0.05, 0) is 37.5 Å². The fourth-order valence-corrected chi connectivity index (χ4v) is 1.91. The van der Waals surface area contributed by atoms with Crippen molar-refractivity contribution in [1.29, 1.82) is 0 Å². The van der Waals surface area contributed by atoms with Crippen LogP contribution in [-0.4, -0.2) is 30.2 Å². The van der Waals surface area contributed by atoms with E-state index < -0.39 is 0 Å². The molecule has 0 spiro atoms. The fraction of sp³-hybridized carbons (Fsp3) is 0.500. The van der Waals surface area contributed by atoms with Crippen molar-refractivity contribution in [2.75, 3.05) is 13.2 Å². The van der Waals surface area contributed by atoms with Crippen molar-refractivity contribution in [2.45, 2.75) is 32.3 Å². The van der Waals surface area contributed by atoms with Crippen LogP contribution in [0.15, 0.2) is 29.4 Å². The molecule has 0 aliphatic carbocycles. The monoisotopic (exact) mass is 249 g/mol. The summed E-state index contributed by atoms with van der Waals surface area (Å²) in [6, 6.07) is 8.07. The molecule has 0 radical (unpaired) electrons. The van der Waals surface area contributed by atoms with Crippen molar-refractivity contribution in [3.63, 3.8) is 0 Å². The third-order valence-electron chi connectivity index (χ3n) is 3.06. The summed E-state index contributed by atoms with van der Waals surface area (Å²) < 4.78 is 11.1. The van der Waals surface area contributed by atoms with Gasteiger partial charge in [-0.25, -0.2) is 0 Å². The van der Waals surface area contributed by atoms with Crippen LogP contribution in [0.3, 0.4) is 0 Å². The highest BCUT2D eigenvalue weighted by atomic mass is 16.5. The molecular weight excluding hydrogens is 230 g/mol. The fourth-order valence-electron chi connectivity index (χ4n) is 1.91. The number of benzene rings is 1. The molecule has 1 atom stereocenters. The maximum atomic E-state index is 8.57. The summed E-state index contributed by atoms with van der Waals surface area (Å²) in [7, 11) is 0. The van der Waals surface area contributed by atoms with Crippen LogP contribution in [0.25, 0.3) is 0 Å². The van der Waals surface area contributed by atoms with Crippen LogP contribution >= 0.6 is 0 Å². The third-order valence-corrected chi connectivity index (χ3v) is 3.06. The minimum Gasteiger partial charge on any atom is -0.488 e. The zero-order valence-corrected chi connectivity index (χ0v) is 10.6. The maximum Gasteiger partial charge on any atom is 0.124 e. The number of aryl methyl sites for hydroxylation is 1. The Morgan fingerprint density at radius 1 is 1.44 bits per heavy atom. The first-order valence-electron chi connectivity index (χ1n) is 6.29. The average molecular weight is 249 g/mol. The lowest BCUT2D eigenvalue weighted by atomic mass is 10.1. The van der Waals surface area contributed by atoms with Gasteiger partial charge in [0.25, 0.3) is 0 Å². The van der Waals surface area contributed by atoms with E-state index in [-0.39, 0.29) is 6.10 Å². The Labute approximate surface area is 107 Å². The highest BCUT2D eigenvalue weighted by Crippen LogP contribution is 2.18. The Morgan fingerprint density at radius 3 is 2.83 bits per heavy atom. The molecule has 1 aliphatic rings. The van der Waals surface area contributed by atoms with Gasteiger partial charge in [0.2, 0.25) is 0 Å². The Hall–Kier alpha value is -1.55. The van der Waals surface area contributed by atoms with Crippen molar-refractivity contribution in [2.24, 2.45) is 5.16 Å². The predicted octanol–water partition coefficient (Wildman–Crippen LogP) is 2.64. The smallest absolute Gasteiger partial charge is 0.124 e. The van der Waals surface area contributed by atoms with E-state index in [0.29, 0.717) is 6.61 Å². The molecule has 1 unspecified atom stereocenters. The SMILES string of the molecule is CC(CCc1ccc(OC2CCOC2)cc1)=NO. The number of hydrogen-bond acceptors (Lipinski definition) is 4. The van der Waals surface area contributed by atoms with Crippen LogP contribution in [0.1, 0.15) is 25.3 Å². The summed E-state index contributed by atoms with van der Waals surface area (Å²) in [5.74, 6) is 0.891. The van der Waals surface area contributed by atoms with Gasteiger partial charge in [0.1, 0.15) is 11.9 Å². The summed E-state index contributed by atoms with van der Waals surface area (Å²) in [6.45, 7) is 3.30. The first kappa shape index (κ1) is 12.9. The van der Waals surface area contributed by atoms with Gasteiger partial charge in [-0.3, -0.25) is 0 Å². The van der Waals surface area contributed by atoms with Crippen LogP contribution in [0.5, 0.6) is 5.75 Å². The molecule has 2 rings (SSSR count). The van der Waals surface area contributed by atoms with E-state index in [1.165, 1.54) is 5.56 Å². The Balaban J connectivity index is 1.84. The Morgan fingerprint density at radius 2 is 2.22 bits per heavy atom. The minimum atomic E-state index is 0.194. The zero-order chi connectivity index (χ0) is 12.8. The van der Waals surface area contributed by atoms with Crippen LogP contribution in [0.2, 0.25) is 0 Å². The largest absolute Gasteiger partial charge is 0.488 e. The van der Waals surface area contributed by atoms with Gasteiger partial charge >= 0.3 is 0 Å². The van der Waals surface area contributed by atoms with Gasteiger partial charge in [-0.2, -0.15) is 0 Å². The third kappa shape index (κ3) is 3.74. The van der Waals surface area contributed by atoms with Crippen molar-refractivity contribution in [3.8, 4) is 5.75 Å². The number of rotatable bonds is 5. The summed E-state index contributed by atoms with van der Waals surface area (Å²) in [5.41, 5.74) is 1.96. The predicted molar refractivity (Wildman–Crippen MR) is 69.5 cm³/mol. The molecule has 0 amide bonds. The second-order valence-corrected chi connectivity index (χ2v) is 4.58. The van der Waals surface area contributed by atoms with Crippen molar-refractivity contribution < 1.29 is 14.7 Å². The van der Waals surface area contributed by atoms with E-state index >= 15 is 0 Å². The van der Waals surface area contributed by atoms with E-state index in [4.69, 9.17) is 14.7 Å². The van der Waals surface area contributed by atoms with Crippen LogP contribution in [0.4, 0.5) is 0 Å². The molecule has 1 aliphatic heterocycles. The highest BCUT2D eigenvalue weighted by molar-refractivity contribution is 5.81. The molecule has 4 heteroatoms. The van der Waals surface area contributed by atoms with Gasteiger partial charge in [0.15, 0.2) is 0 Å². The van der Waals surface area contributed by atoms with Crippen LogP contribution in [-0.2, 0) is 11.2 Å². The molecule has 1 saturated heterocycles. The number of nitrogens with zero attached hydrogens (tertiary/aromatic N) is 1.